The number of benzene rings is 1. The van der Waals surface area contributed by atoms with Gasteiger partial charge in [0, 0.05) is 12.1 Å². The third-order valence-electron chi connectivity index (χ3n) is 3.11. The first kappa shape index (κ1) is 14.7. The van der Waals surface area contributed by atoms with Crippen molar-refractivity contribution >= 4 is 0 Å². The number of hydrogen-bond acceptors (Lipinski definition) is 3. The predicted molar refractivity (Wildman–Crippen MR) is 81.6 cm³/mol. The molecule has 1 heterocycles. The molecule has 4 heteroatoms. The van der Waals surface area contributed by atoms with E-state index in [1.807, 2.05) is 18.5 Å². The van der Waals surface area contributed by atoms with Crippen molar-refractivity contribution in [3.8, 4) is 0 Å². The molecule has 0 aliphatic carbocycles. The molecule has 4 nitrogen and oxygen atoms in total. The quantitative estimate of drug-likeness (QED) is 0.930. The van der Waals surface area contributed by atoms with Crippen molar-refractivity contribution in [2.45, 2.75) is 53.2 Å². The smallest absolute Gasteiger partial charge is 0.147 e. The van der Waals surface area contributed by atoms with Crippen LogP contribution in [-0.4, -0.2) is 20.3 Å². The molecule has 1 aromatic carbocycles. The Kier molecular flexibility index (Phi) is 4.23. The van der Waals surface area contributed by atoms with E-state index in [9.17, 15) is 0 Å². The first-order valence-corrected chi connectivity index (χ1v) is 7.04. The van der Waals surface area contributed by atoms with Gasteiger partial charge >= 0.3 is 0 Å². The molecule has 1 aromatic heterocycles. The lowest BCUT2D eigenvalue weighted by Gasteiger charge is -2.20. The first-order chi connectivity index (χ1) is 9.33. The van der Waals surface area contributed by atoms with E-state index in [1.165, 1.54) is 11.1 Å². The van der Waals surface area contributed by atoms with Gasteiger partial charge < -0.3 is 5.32 Å². The van der Waals surface area contributed by atoms with Crippen LogP contribution in [0.5, 0.6) is 0 Å². The summed E-state index contributed by atoms with van der Waals surface area (Å²) in [6.07, 6.45) is 0. The van der Waals surface area contributed by atoms with Gasteiger partial charge in [0.2, 0.25) is 0 Å². The summed E-state index contributed by atoms with van der Waals surface area (Å²) in [5, 5.41) is 7.92. The van der Waals surface area contributed by atoms with Gasteiger partial charge in [0.05, 0.1) is 6.54 Å². The van der Waals surface area contributed by atoms with Gasteiger partial charge in [0.15, 0.2) is 0 Å². The highest BCUT2D eigenvalue weighted by molar-refractivity contribution is 5.24. The Hall–Kier alpha value is -1.68. The van der Waals surface area contributed by atoms with Crippen LogP contribution in [0.15, 0.2) is 24.3 Å². The van der Waals surface area contributed by atoms with Gasteiger partial charge in [-0.3, -0.25) is 0 Å². The van der Waals surface area contributed by atoms with Gasteiger partial charge in [-0.25, -0.2) is 9.67 Å². The maximum Gasteiger partial charge on any atom is 0.147 e. The zero-order valence-corrected chi connectivity index (χ0v) is 13.1. The molecule has 0 aliphatic rings. The summed E-state index contributed by atoms with van der Waals surface area (Å²) >= 11 is 0. The first-order valence-electron chi connectivity index (χ1n) is 7.04. The molecule has 1 N–H and O–H groups in total. The van der Waals surface area contributed by atoms with Crippen LogP contribution in [0.1, 0.15) is 43.5 Å². The average Bonchev–Trinajstić information content (AvgIpc) is 2.65. The minimum Gasteiger partial charge on any atom is -0.308 e. The second-order valence-corrected chi connectivity index (χ2v) is 6.29. The Morgan fingerprint density at radius 3 is 2.45 bits per heavy atom. The van der Waals surface area contributed by atoms with Crippen LogP contribution in [0.4, 0.5) is 0 Å². The lowest BCUT2D eigenvalue weighted by Crippen LogP contribution is -2.35. The van der Waals surface area contributed by atoms with Crippen LogP contribution in [0.3, 0.4) is 0 Å². The van der Waals surface area contributed by atoms with Crippen LogP contribution in [-0.2, 0) is 13.1 Å². The molecule has 0 saturated carbocycles. The van der Waals surface area contributed by atoms with E-state index in [4.69, 9.17) is 0 Å². The third kappa shape index (κ3) is 4.17. The fraction of sp³-hybridized carbons (Fsp3) is 0.500. The second kappa shape index (κ2) is 5.75. The topological polar surface area (TPSA) is 42.7 Å². The summed E-state index contributed by atoms with van der Waals surface area (Å²) in [5.41, 5.74) is 2.69. The Bertz CT molecular complexity index is 578. The van der Waals surface area contributed by atoms with Gasteiger partial charge in [0.25, 0.3) is 0 Å². The average molecular weight is 272 g/mol. The molecule has 0 amide bonds. The van der Waals surface area contributed by atoms with Gasteiger partial charge in [0.1, 0.15) is 11.6 Å². The highest BCUT2D eigenvalue weighted by atomic mass is 15.3. The van der Waals surface area contributed by atoms with Crippen molar-refractivity contribution in [1.82, 2.24) is 20.1 Å². The minimum absolute atomic E-state index is 0.135. The van der Waals surface area contributed by atoms with Crippen molar-refractivity contribution in [3.05, 3.63) is 47.0 Å². The number of nitrogens with one attached hydrogen (secondary N) is 1. The SMILES string of the molecule is Cc1nc(C)n(Cc2cccc(CNC(C)(C)C)c2)n1. The van der Waals surface area contributed by atoms with Gasteiger partial charge in [-0.15, -0.1) is 0 Å². The number of nitrogens with zero attached hydrogens (tertiary/aromatic N) is 3. The Balaban J connectivity index is 2.08. The molecule has 0 aliphatic heterocycles. The summed E-state index contributed by atoms with van der Waals surface area (Å²) < 4.78 is 1.95. The summed E-state index contributed by atoms with van der Waals surface area (Å²) in [6, 6.07) is 8.63. The number of aromatic nitrogens is 3. The van der Waals surface area contributed by atoms with Crippen molar-refractivity contribution in [1.29, 1.82) is 0 Å². The van der Waals surface area contributed by atoms with E-state index in [2.05, 4.69) is 60.4 Å². The van der Waals surface area contributed by atoms with E-state index in [1.54, 1.807) is 0 Å². The summed E-state index contributed by atoms with van der Waals surface area (Å²) in [4.78, 5) is 4.34. The largest absolute Gasteiger partial charge is 0.308 e. The summed E-state index contributed by atoms with van der Waals surface area (Å²) in [6.45, 7) is 12.1. The zero-order chi connectivity index (χ0) is 14.8. The monoisotopic (exact) mass is 272 g/mol. The number of rotatable bonds is 4. The van der Waals surface area contributed by atoms with Gasteiger partial charge in [-0.05, 0) is 45.7 Å². The van der Waals surface area contributed by atoms with Gasteiger partial charge in [-0.1, -0.05) is 24.3 Å². The molecule has 0 bridgehead atoms. The number of hydrogen-bond donors (Lipinski definition) is 1. The second-order valence-electron chi connectivity index (χ2n) is 6.29. The fourth-order valence-electron chi connectivity index (χ4n) is 2.09. The summed E-state index contributed by atoms with van der Waals surface area (Å²) in [5.74, 6) is 1.79. The van der Waals surface area contributed by atoms with E-state index in [0.717, 1.165) is 24.7 Å². The fourth-order valence-corrected chi connectivity index (χ4v) is 2.09. The molecular formula is C16H24N4. The molecule has 2 rings (SSSR count). The third-order valence-corrected chi connectivity index (χ3v) is 3.11. The van der Waals surface area contributed by atoms with Crippen molar-refractivity contribution in [3.63, 3.8) is 0 Å². The number of aryl methyl sites for hydroxylation is 2. The van der Waals surface area contributed by atoms with E-state index < -0.39 is 0 Å². The van der Waals surface area contributed by atoms with Crippen molar-refractivity contribution in [2.24, 2.45) is 0 Å². The molecule has 0 saturated heterocycles. The highest BCUT2D eigenvalue weighted by Crippen LogP contribution is 2.10. The Labute approximate surface area is 121 Å². The van der Waals surface area contributed by atoms with E-state index >= 15 is 0 Å². The molecule has 108 valence electrons. The van der Waals surface area contributed by atoms with Gasteiger partial charge in [-0.2, -0.15) is 5.10 Å². The lowest BCUT2D eigenvalue weighted by atomic mass is 10.1. The van der Waals surface area contributed by atoms with E-state index in [-0.39, 0.29) is 5.54 Å². The predicted octanol–water partition coefficient (Wildman–Crippen LogP) is 2.83. The standard InChI is InChI=1S/C16H24N4/c1-12-18-13(2)20(19-12)11-15-8-6-7-14(9-15)10-17-16(3,4)5/h6-9,17H,10-11H2,1-5H3. The molecule has 0 fully saturated rings. The zero-order valence-electron chi connectivity index (χ0n) is 13.1. The molecule has 0 spiro atoms. The summed E-state index contributed by atoms with van der Waals surface area (Å²) in [7, 11) is 0. The Morgan fingerprint density at radius 2 is 1.85 bits per heavy atom. The van der Waals surface area contributed by atoms with Crippen LogP contribution in [0.25, 0.3) is 0 Å². The van der Waals surface area contributed by atoms with Crippen molar-refractivity contribution in [2.75, 3.05) is 0 Å². The van der Waals surface area contributed by atoms with Crippen LogP contribution in [0.2, 0.25) is 0 Å². The molecule has 0 unspecified atom stereocenters. The lowest BCUT2D eigenvalue weighted by molar-refractivity contribution is 0.424. The van der Waals surface area contributed by atoms with Crippen LogP contribution in [0, 0.1) is 13.8 Å². The maximum absolute atomic E-state index is 4.41. The van der Waals surface area contributed by atoms with Crippen LogP contribution >= 0.6 is 0 Å². The maximum atomic E-state index is 4.41. The molecule has 0 radical (unpaired) electrons. The minimum atomic E-state index is 0.135. The van der Waals surface area contributed by atoms with Crippen molar-refractivity contribution < 1.29 is 0 Å². The molecule has 0 atom stereocenters. The molecule has 2 aromatic rings. The Morgan fingerprint density at radius 1 is 1.15 bits per heavy atom. The molecule has 20 heavy (non-hydrogen) atoms. The molecular weight excluding hydrogens is 248 g/mol. The normalized spacial score (nSPS) is 11.8. The van der Waals surface area contributed by atoms with E-state index in [0.29, 0.717) is 0 Å². The van der Waals surface area contributed by atoms with Crippen LogP contribution < -0.4 is 5.32 Å². The highest BCUT2D eigenvalue weighted by Gasteiger charge is 2.09.